The summed E-state index contributed by atoms with van der Waals surface area (Å²) in [5.74, 6) is -0.106. The van der Waals surface area contributed by atoms with Crippen LogP contribution in [0.2, 0.25) is 0 Å². The maximum absolute atomic E-state index is 12.5. The molecule has 22 heavy (non-hydrogen) atoms. The summed E-state index contributed by atoms with van der Waals surface area (Å²) in [4.78, 5) is 11.9. The van der Waals surface area contributed by atoms with E-state index >= 15 is 0 Å². The number of halogens is 3. The van der Waals surface area contributed by atoms with Crippen molar-refractivity contribution >= 4 is 11.6 Å². The van der Waals surface area contributed by atoms with Crippen LogP contribution in [0.5, 0.6) is 0 Å². The van der Waals surface area contributed by atoms with Crippen LogP contribution in [0, 0.1) is 5.92 Å². The summed E-state index contributed by atoms with van der Waals surface area (Å²) in [6.45, 7) is 1.88. The zero-order valence-electron chi connectivity index (χ0n) is 12.4. The Morgan fingerprint density at radius 3 is 2.27 bits per heavy atom. The first-order chi connectivity index (χ1) is 10.4. The smallest absolute Gasteiger partial charge is 0.267 e. The maximum atomic E-state index is 12.5. The van der Waals surface area contributed by atoms with Gasteiger partial charge in [0.1, 0.15) is 0 Å². The molecule has 0 bridgehead atoms. The third-order valence-corrected chi connectivity index (χ3v) is 4.00. The molecule has 1 aliphatic carbocycles. The molecule has 1 saturated carbocycles. The normalized spacial score (nSPS) is 17.4. The third-order valence-electron chi connectivity index (χ3n) is 4.00. The summed E-state index contributed by atoms with van der Waals surface area (Å²) in [7, 11) is 0. The van der Waals surface area contributed by atoms with E-state index in [2.05, 4.69) is 10.5 Å². The van der Waals surface area contributed by atoms with Crippen molar-refractivity contribution in [1.82, 2.24) is 5.43 Å². The number of carbonyl (C=O) groups is 1. The van der Waals surface area contributed by atoms with Crippen molar-refractivity contribution in [3.63, 3.8) is 0 Å². The van der Waals surface area contributed by atoms with Gasteiger partial charge in [-0.25, -0.2) is 5.43 Å². The highest BCUT2D eigenvalue weighted by Gasteiger charge is 2.30. The Morgan fingerprint density at radius 1 is 1.14 bits per heavy atom. The summed E-state index contributed by atoms with van der Waals surface area (Å²) in [6, 6.07) is 4.10. The molecule has 6 heteroatoms. The molecular formula is C16H19F3N2O. The molecule has 1 N–H and O–H groups in total. The quantitative estimate of drug-likeness (QED) is 0.652. The van der Waals surface area contributed by atoms with E-state index in [1.807, 2.05) is 6.92 Å². The number of hydrazone groups is 1. The van der Waals surface area contributed by atoms with Gasteiger partial charge in [0.2, 0.25) is 0 Å². The highest BCUT2D eigenvalue weighted by molar-refractivity contribution is 5.95. The molecule has 1 fully saturated rings. The first kappa shape index (κ1) is 16.5. The second-order valence-electron chi connectivity index (χ2n) is 5.60. The van der Waals surface area contributed by atoms with Crippen LogP contribution in [0.15, 0.2) is 29.4 Å². The summed E-state index contributed by atoms with van der Waals surface area (Å²) in [5, 5.41) is 4.09. The number of rotatable bonds is 3. The van der Waals surface area contributed by atoms with Crippen LogP contribution in [0.25, 0.3) is 0 Å². The molecule has 0 atom stereocenters. The summed E-state index contributed by atoms with van der Waals surface area (Å²) < 4.78 is 37.4. The minimum Gasteiger partial charge on any atom is -0.267 e. The number of amides is 1. The van der Waals surface area contributed by atoms with Gasteiger partial charge in [0.25, 0.3) is 5.91 Å². The van der Waals surface area contributed by atoms with Gasteiger partial charge < -0.3 is 0 Å². The first-order valence-electron chi connectivity index (χ1n) is 7.39. The lowest BCUT2D eigenvalue weighted by molar-refractivity contribution is -0.137. The number of nitrogens with one attached hydrogen (secondary N) is 1. The lowest BCUT2D eigenvalue weighted by atomic mass is 9.86. The van der Waals surface area contributed by atoms with Crippen molar-refractivity contribution < 1.29 is 18.0 Å². The van der Waals surface area contributed by atoms with Gasteiger partial charge in [-0.3, -0.25) is 4.79 Å². The van der Waals surface area contributed by atoms with Crippen LogP contribution in [-0.4, -0.2) is 11.6 Å². The van der Waals surface area contributed by atoms with E-state index in [1.54, 1.807) is 0 Å². The predicted molar refractivity (Wildman–Crippen MR) is 78.6 cm³/mol. The fourth-order valence-corrected chi connectivity index (χ4v) is 2.63. The largest absolute Gasteiger partial charge is 0.416 e. The molecular weight excluding hydrogens is 293 g/mol. The molecule has 2 rings (SSSR count). The summed E-state index contributed by atoms with van der Waals surface area (Å²) in [5.41, 5.74) is 2.69. The fourth-order valence-electron chi connectivity index (χ4n) is 2.63. The van der Waals surface area contributed by atoms with Crippen LogP contribution in [0.1, 0.15) is 54.9 Å². The highest BCUT2D eigenvalue weighted by Crippen LogP contribution is 2.29. The van der Waals surface area contributed by atoms with Gasteiger partial charge in [-0.15, -0.1) is 0 Å². The van der Waals surface area contributed by atoms with Crippen LogP contribution >= 0.6 is 0 Å². The monoisotopic (exact) mass is 312 g/mol. The van der Waals surface area contributed by atoms with E-state index in [1.165, 1.54) is 19.3 Å². The highest BCUT2D eigenvalue weighted by atomic mass is 19.4. The molecule has 0 spiro atoms. The zero-order chi connectivity index (χ0) is 16.2. The lowest BCUT2D eigenvalue weighted by Gasteiger charge is -2.21. The van der Waals surface area contributed by atoms with Crippen molar-refractivity contribution in [2.45, 2.75) is 45.2 Å². The van der Waals surface area contributed by atoms with Crippen LogP contribution in [0.4, 0.5) is 13.2 Å². The Bertz CT molecular complexity index is 544. The number of carbonyl (C=O) groups excluding carboxylic acids is 1. The van der Waals surface area contributed by atoms with Gasteiger partial charge in [0.15, 0.2) is 0 Å². The van der Waals surface area contributed by atoms with E-state index in [9.17, 15) is 18.0 Å². The molecule has 120 valence electrons. The van der Waals surface area contributed by atoms with Gasteiger partial charge >= 0.3 is 6.18 Å². The number of hydrogen-bond acceptors (Lipinski definition) is 2. The van der Waals surface area contributed by atoms with Gasteiger partial charge in [-0.05, 0) is 49.9 Å². The minimum atomic E-state index is -4.40. The van der Waals surface area contributed by atoms with Crippen molar-refractivity contribution in [1.29, 1.82) is 0 Å². The zero-order valence-corrected chi connectivity index (χ0v) is 12.4. The maximum Gasteiger partial charge on any atom is 0.416 e. The molecule has 1 aromatic carbocycles. The third kappa shape index (κ3) is 4.32. The van der Waals surface area contributed by atoms with Crippen LogP contribution in [0.3, 0.4) is 0 Å². The van der Waals surface area contributed by atoms with Crippen LogP contribution in [-0.2, 0) is 6.18 Å². The Kier molecular flexibility index (Phi) is 5.21. The Hall–Kier alpha value is -1.85. The van der Waals surface area contributed by atoms with Crippen molar-refractivity contribution in [2.24, 2.45) is 11.0 Å². The topological polar surface area (TPSA) is 41.5 Å². The van der Waals surface area contributed by atoms with E-state index in [0.29, 0.717) is 5.92 Å². The van der Waals surface area contributed by atoms with Crippen molar-refractivity contribution in [3.05, 3.63) is 35.4 Å². The molecule has 0 aromatic heterocycles. The van der Waals surface area contributed by atoms with Gasteiger partial charge in [0, 0.05) is 11.3 Å². The average Bonchev–Trinajstić information content (AvgIpc) is 2.52. The van der Waals surface area contributed by atoms with Gasteiger partial charge in [-0.2, -0.15) is 18.3 Å². The van der Waals surface area contributed by atoms with Crippen molar-refractivity contribution in [2.75, 3.05) is 0 Å². The molecule has 1 amide bonds. The van der Waals surface area contributed by atoms with Crippen LogP contribution < -0.4 is 5.43 Å². The molecule has 1 aromatic rings. The molecule has 0 unspecified atom stereocenters. The fraction of sp³-hybridized carbons (Fsp3) is 0.500. The standard InChI is InChI=1S/C16H19F3N2O/c1-11(12-5-3-2-4-6-12)20-21-15(22)13-7-9-14(10-8-13)16(17,18)19/h7-10,12H,2-6H2,1H3,(H,21,22)/b20-11+. The second kappa shape index (κ2) is 6.94. The first-order valence-corrected chi connectivity index (χ1v) is 7.39. The lowest BCUT2D eigenvalue weighted by Crippen LogP contribution is -2.23. The average molecular weight is 312 g/mol. The second-order valence-corrected chi connectivity index (χ2v) is 5.60. The van der Waals surface area contributed by atoms with E-state index in [0.717, 1.165) is 42.8 Å². The summed E-state index contributed by atoms with van der Waals surface area (Å²) >= 11 is 0. The van der Waals surface area contributed by atoms with E-state index < -0.39 is 17.6 Å². The minimum absolute atomic E-state index is 0.160. The number of alkyl halides is 3. The Morgan fingerprint density at radius 2 is 1.73 bits per heavy atom. The number of hydrogen-bond donors (Lipinski definition) is 1. The van der Waals surface area contributed by atoms with E-state index in [-0.39, 0.29) is 5.56 Å². The molecule has 3 nitrogen and oxygen atoms in total. The number of benzene rings is 1. The predicted octanol–water partition coefficient (Wildman–Crippen LogP) is 4.39. The van der Waals surface area contributed by atoms with Gasteiger partial charge in [0.05, 0.1) is 5.56 Å². The SMILES string of the molecule is C/C(=N\NC(=O)c1ccc(C(F)(F)F)cc1)C1CCCCC1. The summed E-state index contributed by atoms with van der Waals surface area (Å²) in [6.07, 6.45) is 1.33. The van der Waals surface area contributed by atoms with Gasteiger partial charge in [-0.1, -0.05) is 19.3 Å². The number of nitrogens with zero attached hydrogens (tertiary/aromatic N) is 1. The molecule has 0 saturated heterocycles. The molecule has 1 aliphatic rings. The molecule has 0 heterocycles. The van der Waals surface area contributed by atoms with Crippen molar-refractivity contribution in [3.8, 4) is 0 Å². The molecule has 0 radical (unpaired) electrons. The Labute approximate surface area is 127 Å². The van der Waals surface area contributed by atoms with E-state index in [4.69, 9.17) is 0 Å². The Balaban J connectivity index is 1.97. The molecule has 0 aliphatic heterocycles.